The number of benzene rings is 1. The zero-order valence-corrected chi connectivity index (χ0v) is 16.8. The molecule has 0 bridgehead atoms. The fraction of sp³-hybridized carbons (Fsp3) is 0.400. The van der Waals surface area contributed by atoms with E-state index in [-0.39, 0.29) is 12.5 Å². The van der Waals surface area contributed by atoms with E-state index in [0.717, 1.165) is 39.8 Å². The van der Waals surface area contributed by atoms with Gasteiger partial charge >= 0.3 is 0 Å². The first-order valence-corrected chi connectivity index (χ1v) is 10.9. The monoisotopic (exact) mass is 387 g/mol. The van der Waals surface area contributed by atoms with Crippen LogP contribution < -0.4 is 4.72 Å². The Bertz CT molecular complexity index is 970. The van der Waals surface area contributed by atoms with E-state index in [1.165, 1.54) is 0 Å². The molecule has 0 aliphatic carbocycles. The highest BCUT2D eigenvalue weighted by atomic mass is 32.2. The van der Waals surface area contributed by atoms with Gasteiger partial charge in [0, 0.05) is 31.5 Å². The molecular formula is C20H25N3O3S. The molecule has 1 aliphatic heterocycles. The number of pyridine rings is 1. The summed E-state index contributed by atoms with van der Waals surface area (Å²) in [5, 5.41) is 0. The Labute approximate surface area is 160 Å². The highest BCUT2D eigenvalue weighted by Gasteiger charge is 2.24. The summed E-state index contributed by atoms with van der Waals surface area (Å²) in [5.41, 5.74) is 6.01. The molecule has 27 heavy (non-hydrogen) atoms. The largest absolute Gasteiger partial charge is 0.338 e. The van der Waals surface area contributed by atoms with Gasteiger partial charge < -0.3 is 4.90 Å². The third-order valence-electron chi connectivity index (χ3n) is 4.90. The van der Waals surface area contributed by atoms with Crippen molar-refractivity contribution in [2.45, 2.75) is 39.8 Å². The van der Waals surface area contributed by atoms with Gasteiger partial charge in [0.05, 0.1) is 12.7 Å². The number of sulfonamides is 1. The van der Waals surface area contributed by atoms with E-state index in [1.807, 2.05) is 43.0 Å². The molecular weight excluding hydrogens is 362 g/mol. The van der Waals surface area contributed by atoms with Crippen LogP contribution in [-0.4, -0.2) is 37.0 Å². The minimum Gasteiger partial charge on any atom is -0.338 e. The molecule has 0 saturated heterocycles. The third kappa shape index (κ3) is 4.93. The Morgan fingerprint density at radius 1 is 1.30 bits per heavy atom. The quantitative estimate of drug-likeness (QED) is 0.850. The molecule has 7 heteroatoms. The fourth-order valence-electron chi connectivity index (χ4n) is 3.48. The molecule has 1 aromatic heterocycles. The lowest BCUT2D eigenvalue weighted by Crippen LogP contribution is -2.38. The van der Waals surface area contributed by atoms with Crippen LogP contribution in [0, 0.1) is 13.8 Å². The zero-order valence-electron chi connectivity index (χ0n) is 15.9. The van der Waals surface area contributed by atoms with Crippen molar-refractivity contribution in [2.75, 3.05) is 12.8 Å². The Balaban J connectivity index is 1.75. The maximum absolute atomic E-state index is 12.7. The van der Waals surface area contributed by atoms with Gasteiger partial charge in [0.1, 0.15) is 0 Å². The molecule has 1 aromatic carbocycles. The summed E-state index contributed by atoms with van der Waals surface area (Å²) in [6.07, 6.45) is 4.05. The van der Waals surface area contributed by atoms with Crippen LogP contribution in [0.1, 0.15) is 33.5 Å². The lowest BCUT2D eigenvalue weighted by molar-refractivity contribution is -0.131. The summed E-state index contributed by atoms with van der Waals surface area (Å²) in [6, 6.07) is 8.00. The van der Waals surface area contributed by atoms with Crippen LogP contribution in [-0.2, 0) is 40.7 Å². The van der Waals surface area contributed by atoms with E-state index in [2.05, 4.69) is 9.71 Å². The predicted octanol–water partition coefficient (Wildman–Crippen LogP) is 1.88. The lowest BCUT2D eigenvalue weighted by Gasteiger charge is -2.30. The highest BCUT2D eigenvalue weighted by molar-refractivity contribution is 7.88. The maximum Gasteiger partial charge on any atom is 0.227 e. The van der Waals surface area contributed by atoms with Gasteiger partial charge in [0.15, 0.2) is 0 Å². The van der Waals surface area contributed by atoms with Crippen molar-refractivity contribution >= 4 is 15.9 Å². The standard InChI is InChI=1S/C20H25N3O3S/c1-14-5-4-6-16(9-14)10-20(24)23-8-7-18-17(13-23)11-21-15(2)19(18)12-22-27(3,25)26/h4-6,9,11,22H,7-8,10,12-13H2,1-3H3. The van der Waals surface area contributed by atoms with Gasteiger partial charge in [0.2, 0.25) is 15.9 Å². The zero-order chi connectivity index (χ0) is 19.6. The number of hydrogen-bond acceptors (Lipinski definition) is 4. The predicted molar refractivity (Wildman–Crippen MR) is 105 cm³/mol. The molecule has 1 amide bonds. The van der Waals surface area contributed by atoms with E-state index >= 15 is 0 Å². The van der Waals surface area contributed by atoms with Crippen LogP contribution in [0.4, 0.5) is 0 Å². The van der Waals surface area contributed by atoms with Crippen LogP contribution >= 0.6 is 0 Å². The minimum atomic E-state index is -3.27. The molecule has 0 unspecified atom stereocenters. The van der Waals surface area contributed by atoms with Gasteiger partial charge in [-0.05, 0) is 42.5 Å². The van der Waals surface area contributed by atoms with E-state index in [4.69, 9.17) is 0 Å². The van der Waals surface area contributed by atoms with Crippen molar-refractivity contribution in [2.24, 2.45) is 0 Å². The van der Waals surface area contributed by atoms with Crippen LogP contribution in [0.25, 0.3) is 0 Å². The summed E-state index contributed by atoms with van der Waals surface area (Å²) >= 11 is 0. The van der Waals surface area contributed by atoms with Crippen molar-refractivity contribution < 1.29 is 13.2 Å². The van der Waals surface area contributed by atoms with E-state index < -0.39 is 10.0 Å². The number of nitrogens with one attached hydrogen (secondary N) is 1. The average molecular weight is 388 g/mol. The fourth-order valence-corrected chi connectivity index (χ4v) is 3.89. The molecule has 1 N–H and O–H groups in total. The highest BCUT2D eigenvalue weighted by Crippen LogP contribution is 2.24. The van der Waals surface area contributed by atoms with Gasteiger partial charge in [-0.15, -0.1) is 0 Å². The normalized spacial score (nSPS) is 14.1. The van der Waals surface area contributed by atoms with E-state index in [9.17, 15) is 13.2 Å². The second kappa shape index (κ2) is 7.78. The van der Waals surface area contributed by atoms with Crippen LogP contribution in [0.5, 0.6) is 0 Å². The van der Waals surface area contributed by atoms with Crippen molar-refractivity contribution in [3.05, 3.63) is 64.0 Å². The van der Waals surface area contributed by atoms with Crippen LogP contribution in [0.3, 0.4) is 0 Å². The van der Waals surface area contributed by atoms with Gasteiger partial charge in [-0.3, -0.25) is 9.78 Å². The third-order valence-corrected chi connectivity index (χ3v) is 5.57. The van der Waals surface area contributed by atoms with Crippen molar-refractivity contribution in [1.82, 2.24) is 14.6 Å². The Morgan fingerprint density at radius 3 is 2.78 bits per heavy atom. The molecule has 0 atom stereocenters. The molecule has 0 radical (unpaired) electrons. The molecule has 1 aliphatic rings. The topological polar surface area (TPSA) is 79.4 Å². The minimum absolute atomic E-state index is 0.0997. The number of amides is 1. The molecule has 0 spiro atoms. The molecule has 0 saturated carbocycles. The second-order valence-corrected chi connectivity index (χ2v) is 8.98. The van der Waals surface area contributed by atoms with E-state index in [1.54, 1.807) is 6.20 Å². The summed E-state index contributed by atoms with van der Waals surface area (Å²) in [7, 11) is -3.27. The van der Waals surface area contributed by atoms with Gasteiger partial charge in [-0.1, -0.05) is 29.8 Å². The van der Waals surface area contributed by atoms with Gasteiger partial charge in [-0.2, -0.15) is 0 Å². The maximum atomic E-state index is 12.7. The number of nitrogens with zero attached hydrogens (tertiary/aromatic N) is 2. The number of fused-ring (bicyclic) bond motifs is 1. The first-order valence-electron chi connectivity index (χ1n) is 8.97. The number of carbonyl (C=O) groups is 1. The summed E-state index contributed by atoms with van der Waals surface area (Å²) < 4.78 is 25.4. The first kappa shape index (κ1) is 19.5. The van der Waals surface area contributed by atoms with Crippen LogP contribution in [0.15, 0.2) is 30.5 Å². The van der Waals surface area contributed by atoms with Crippen LogP contribution in [0.2, 0.25) is 0 Å². The van der Waals surface area contributed by atoms with Crippen molar-refractivity contribution in [1.29, 1.82) is 0 Å². The molecule has 6 nitrogen and oxygen atoms in total. The Kier molecular flexibility index (Phi) is 5.62. The number of hydrogen-bond donors (Lipinski definition) is 1. The summed E-state index contributed by atoms with van der Waals surface area (Å²) in [6.45, 7) is 5.28. The molecule has 0 fully saturated rings. The van der Waals surface area contributed by atoms with E-state index in [0.29, 0.717) is 25.9 Å². The average Bonchev–Trinajstić information content (AvgIpc) is 2.59. The number of aryl methyl sites for hydroxylation is 2. The van der Waals surface area contributed by atoms with Gasteiger partial charge in [0.25, 0.3) is 0 Å². The summed E-state index contributed by atoms with van der Waals surface area (Å²) in [5.74, 6) is 0.0997. The Morgan fingerprint density at radius 2 is 2.07 bits per heavy atom. The second-order valence-electron chi connectivity index (χ2n) is 7.15. The molecule has 2 aromatic rings. The molecule has 3 rings (SSSR count). The summed E-state index contributed by atoms with van der Waals surface area (Å²) in [4.78, 5) is 19.0. The van der Waals surface area contributed by atoms with Crippen molar-refractivity contribution in [3.8, 4) is 0 Å². The Hall–Kier alpha value is -2.25. The molecule has 2 heterocycles. The number of rotatable bonds is 5. The van der Waals surface area contributed by atoms with Gasteiger partial charge in [-0.25, -0.2) is 13.1 Å². The number of carbonyl (C=O) groups excluding carboxylic acids is 1. The lowest BCUT2D eigenvalue weighted by atomic mass is 9.94. The first-order chi connectivity index (χ1) is 12.7. The van der Waals surface area contributed by atoms with Crippen molar-refractivity contribution in [3.63, 3.8) is 0 Å². The SMILES string of the molecule is Cc1cccc(CC(=O)N2CCc3c(cnc(C)c3CNS(C)(=O)=O)C2)c1. The number of aromatic nitrogens is 1. The smallest absolute Gasteiger partial charge is 0.227 e. The molecule has 144 valence electrons.